The highest BCUT2D eigenvalue weighted by Crippen LogP contribution is 2.31. The minimum absolute atomic E-state index is 0.258. The molecule has 2 unspecified atom stereocenters. The summed E-state index contributed by atoms with van der Waals surface area (Å²) in [5, 5.41) is 4.36. The fourth-order valence-electron chi connectivity index (χ4n) is 3.18. The number of thiophene rings is 1. The normalized spacial score (nSPS) is 22.8. The highest BCUT2D eigenvalue weighted by molar-refractivity contribution is 7.08. The Balaban J connectivity index is 1.78. The summed E-state index contributed by atoms with van der Waals surface area (Å²) in [6, 6.07) is 11.6. The summed E-state index contributed by atoms with van der Waals surface area (Å²) >= 11 is 1.75. The summed E-state index contributed by atoms with van der Waals surface area (Å²) in [6.45, 7) is 6.52. The maximum absolute atomic E-state index is 6.30. The molecular weight excluding hydrogens is 276 g/mol. The maximum Gasteiger partial charge on any atom is 0.0475 e. The van der Waals surface area contributed by atoms with E-state index in [4.69, 9.17) is 5.73 Å². The lowest BCUT2D eigenvalue weighted by molar-refractivity contribution is 0.454. The van der Waals surface area contributed by atoms with Gasteiger partial charge in [0, 0.05) is 36.1 Å². The number of nitrogens with two attached hydrogens (primary N) is 1. The zero-order chi connectivity index (χ0) is 14.8. The molecule has 0 saturated carbocycles. The van der Waals surface area contributed by atoms with Crippen molar-refractivity contribution < 1.29 is 0 Å². The van der Waals surface area contributed by atoms with E-state index < -0.39 is 0 Å². The lowest BCUT2D eigenvalue weighted by Gasteiger charge is -2.37. The van der Waals surface area contributed by atoms with Crippen LogP contribution in [-0.2, 0) is 0 Å². The minimum atomic E-state index is 0.258. The zero-order valence-corrected chi connectivity index (χ0v) is 13.6. The van der Waals surface area contributed by atoms with Crippen LogP contribution in [0.25, 0.3) is 0 Å². The Bertz CT molecular complexity index is 559. The molecule has 1 aliphatic heterocycles. The van der Waals surface area contributed by atoms with Crippen molar-refractivity contribution in [1.29, 1.82) is 0 Å². The zero-order valence-electron chi connectivity index (χ0n) is 12.8. The third-order valence-electron chi connectivity index (χ3n) is 4.43. The molecule has 0 amide bonds. The lowest BCUT2D eigenvalue weighted by atomic mass is 9.87. The highest BCUT2D eigenvalue weighted by Gasteiger charge is 2.26. The van der Waals surface area contributed by atoms with Gasteiger partial charge in [-0.2, -0.15) is 11.3 Å². The van der Waals surface area contributed by atoms with Gasteiger partial charge in [0.15, 0.2) is 0 Å². The van der Waals surface area contributed by atoms with Gasteiger partial charge in [0.25, 0.3) is 0 Å². The molecule has 2 atom stereocenters. The van der Waals surface area contributed by atoms with Crippen molar-refractivity contribution in [2.24, 2.45) is 5.73 Å². The van der Waals surface area contributed by atoms with E-state index in [1.807, 2.05) is 0 Å². The smallest absolute Gasteiger partial charge is 0.0475 e. The Hall–Kier alpha value is -1.32. The molecule has 1 fully saturated rings. The van der Waals surface area contributed by atoms with Gasteiger partial charge in [-0.05, 0) is 34.9 Å². The van der Waals surface area contributed by atoms with Gasteiger partial charge in [0.2, 0.25) is 0 Å². The molecule has 1 aromatic heterocycles. The van der Waals surface area contributed by atoms with Crippen LogP contribution in [0.15, 0.2) is 41.1 Å². The number of piperidine rings is 1. The third-order valence-corrected chi connectivity index (χ3v) is 5.10. The average Bonchev–Trinajstić information content (AvgIpc) is 3.01. The number of nitrogens with zero attached hydrogens (tertiary/aromatic N) is 1. The molecule has 2 nitrogen and oxygen atoms in total. The standard InChI is InChI=1S/C18H24N2S/c1-13(2)14-3-5-15(6-4-14)16-9-17(19)11-20(10-16)18-7-8-21-12-18/h3-8,12-13,16-17H,9-11,19H2,1-2H3. The second kappa shape index (κ2) is 6.20. The molecule has 2 aromatic rings. The van der Waals surface area contributed by atoms with Crippen molar-refractivity contribution in [3.8, 4) is 0 Å². The summed E-state index contributed by atoms with van der Waals surface area (Å²) in [6.07, 6.45) is 1.08. The summed E-state index contributed by atoms with van der Waals surface area (Å²) < 4.78 is 0. The largest absolute Gasteiger partial charge is 0.369 e. The monoisotopic (exact) mass is 300 g/mol. The van der Waals surface area contributed by atoms with Crippen LogP contribution >= 0.6 is 11.3 Å². The predicted molar refractivity (Wildman–Crippen MR) is 92.4 cm³/mol. The number of hydrogen-bond acceptors (Lipinski definition) is 3. The summed E-state index contributed by atoms with van der Waals surface area (Å²) in [4.78, 5) is 2.44. The molecule has 3 rings (SSSR count). The van der Waals surface area contributed by atoms with Crippen LogP contribution in [0.2, 0.25) is 0 Å². The van der Waals surface area contributed by atoms with Crippen molar-refractivity contribution in [2.45, 2.75) is 38.1 Å². The predicted octanol–water partition coefficient (Wildman–Crippen LogP) is 4.19. The Morgan fingerprint density at radius 3 is 2.52 bits per heavy atom. The van der Waals surface area contributed by atoms with Crippen molar-refractivity contribution in [3.63, 3.8) is 0 Å². The Labute approximate surface area is 131 Å². The second-order valence-electron chi connectivity index (χ2n) is 6.40. The molecule has 0 bridgehead atoms. The molecule has 0 radical (unpaired) electrons. The maximum atomic E-state index is 6.30. The van der Waals surface area contributed by atoms with Gasteiger partial charge in [0.05, 0.1) is 0 Å². The van der Waals surface area contributed by atoms with Crippen LogP contribution < -0.4 is 10.6 Å². The average molecular weight is 300 g/mol. The van der Waals surface area contributed by atoms with E-state index in [1.54, 1.807) is 11.3 Å². The number of benzene rings is 1. The van der Waals surface area contributed by atoms with Gasteiger partial charge in [-0.1, -0.05) is 38.1 Å². The van der Waals surface area contributed by atoms with E-state index in [0.717, 1.165) is 19.5 Å². The van der Waals surface area contributed by atoms with Gasteiger partial charge in [-0.15, -0.1) is 0 Å². The van der Waals surface area contributed by atoms with Crippen LogP contribution in [0.4, 0.5) is 5.69 Å². The number of rotatable bonds is 3. The third kappa shape index (κ3) is 3.30. The summed E-state index contributed by atoms with van der Waals surface area (Å²) in [7, 11) is 0. The fraction of sp³-hybridized carbons (Fsp3) is 0.444. The van der Waals surface area contributed by atoms with Gasteiger partial charge < -0.3 is 10.6 Å². The van der Waals surface area contributed by atoms with Crippen LogP contribution in [0.1, 0.15) is 43.2 Å². The first-order valence-electron chi connectivity index (χ1n) is 7.76. The van der Waals surface area contributed by atoms with Crippen molar-refractivity contribution in [2.75, 3.05) is 18.0 Å². The second-order valence-corrected chi connectivity index (χ2v) is 7.18. The number of hydrogen-bond donors (Lipinski definition) is 1. The van der Waals surface area contributed by atoms with E-state index >= 15 is 0 Å². The van der Waals surface area contributed by atoms with Gasteiger partial charge >= 0.3 is 0 Å². The van der Waals surface area contributed by atoms with Crippen molar-refractivity contribution in [1.82, 2.24) is 0 Å². The molecule has 3 heteroatoms. The summed E-state index contributed by atoms with van der Waals surface area (Å²) in [5.41, 5.74) is 10.5. The molecule has 1 aromatic carbocycles. The van der Waals surface area contributed by atoms with Crippen molar-refractivity contribution >= 4 is 17.0 Å². The van der Waals surface area contributed by atoms with E-state index in [9.17, 15) is 0 Å². The molecule has 0 aliphatic carbocycles. The molecule has 1 aliphatic rings. The SMILES string of the molecule is CC(C)c1ccc(C2CC(N)CN(c3ccsc3)C2)cc1. The van der Waals surface area contributed by atoms with Crippen LogP contribution in [0.3, 0.4) is 0 Å². The Kier molecular flexibility index (Phi) is 4.32. The molecule has 21 heavy (non-hydrogen) atoms. The molecule has 2 N–H and O–H groups in total. The molecular formula is C18H24N2S. The van der Waals surface area contributed by atoms with Crippen LogP contribution in [0.5, 0.6) is 0 Å². The molecule has 0 spiro atoms. The van der Waals surface area contributed by atoms with Gasteiger partial charge in [-0.25, -0.2) is 0 Å². The molecule has 2 heterocycles. The Morgan fingerprint density at radius 1 is 1.14 bits per heavy atom. The first kappa shape index (κ1) is 14.6. The highest BCUT2D eigenvalue weighted by atomic mass is 32.1. The van der Waals surface area contributed by atoms with E-state index in [1.165, 1.54) is 16.8 Å². The van der Waals surface area contributed by atoms with E-state index in [2.05, 4.69) is 59.8 Å². The molecule has 1 saturated heterocycles. The van der Waals surface area contributed by atoms with Crippen LogP contribution in [0, 0.1) is 0 Å². The molecule has 112 valence electrons. The van der Waals surface area contributed by atoms with Crippen LogP contribution in [-0.4, -0.2) is 19.1 Å². The van der Waals surface area contributed by atoms with Crippen molar-refractivity contribution in [3.05, 3.63) is 52.2 Å². The number of anilines is 1. The first-order valence-corrected chi connectivity index (χ1v) is 8.70. The Morgan fingerprint density at radius 2 is 1.90 bits per heavy atom. The minimum Gasteiger partial charge on any atom is -0.369 e. The van der Waals surface area contributed by atoms with Gasteiger partial charge in [-0.3, -0.25) is 0 Å². The fourth-order valence-corrected chi connectivity index (χ4v) is 3.84. The van der Waals surface area contributed by atoms with Gasteiger partial charge in [0.1, 0.15) is 0 Å². The van der Waals surface area contributed by atoms with E-state index in [0.29, 0.717) is 11.8 Å². The topological polar surface area (TPSA) is 29.3 Å². The first-order chi connectivity index (χ1) is 10.1. The lowest BCUT2D eigenvalue weighted by Crippen LogP contribution is -2.46. The summed E-state index contributed by atoms with van der Waals surface area (Å²) in [5.74, 6) is 1.13. The van der Waals surface area contributed by atoms with E-state index in [-0.39, 0.29) is 6.04 Å². The quantitative estimate of drug-likeness (QED) is 0.921.